The Morgan fingerprint density at radius 2 is 1.76 bits per heavy atom. The average Bonchev–Trinajstić information content (AvgIpc) is 2.86. The molecule has 172 valence electrons. The van der Waals surface area contributed by atoms with Crippen molar-refractivity contribution in [2.45, 2.75) is 6.42 Å². The molecule has 0 bridgehead atoms. The molecule has 0 unspecified atom stereocenters. The number of nitrogens with zero attached hydrogens (tertiary/aromatic N) is 1. The molecule has 0 radical (unpaired) electrons. The fraction of sp³-hybridized carbons (Fsp3) is 0.308. The Hall–Kier alpha value is -3.42. The van der Waals surface area contributed by atoms with Crippen LogP contribution >= 0.6 is 0 Å². The molecule has 7 nitrogen and oxygen atoms in total. The zero-order valence-electron chi connectivity index (χ0n) is 18.8. The fourth-order valence-corrected chi connectivity index (χ4v) is 3.90. The van der Waals surface area contributed by atoms with Crippen molar-refractivity contribution in [1.29, 1.82) is 0 Å². The second-order valence-corrected chi connectivity index (χ2v) is 7.99. The van der Waals surface area contributed by atoms with E-state index in [1.165, 1.54) is 0 Å². The summed E-state index contributed by atoms with van der Waals surface area (Å²) < 4.78 is 10.7. The SMILES string of the molecule is COc1ccc(C(=O)NCCCN2CCOCC2)c(NC(=O)c2ccc3ccccc3c2)c1. The summed E-state index contributed by atoms with van der Waals surface area (Å²) in [5.41, 5.74) is 1.34. The van der Waals surface area contributed by atoms with Gasteiger partial charge in [0.2, 0.25) is 0 Å². The molecule has 0 aromatic heterocycles. The predicted molar refractivity (Wildman–Crippen MR) is 129 cm³/mol. The fourth-order valence-electron chi connectivity index (χ4n) is 3.90. The Morgan fingerprint density at radius 1 is 0.970 bits per heavy atom. The number of anilines is 1. The number of hydrogen-bond donors (Lipinski definition) is 2. The Morgan fingerprint density at radius 3 is 2.55 bits per heavy atom. The minimum absolute atomic E-state index is 0.228. The van der Waals surface area contributed by atoms with Gasteiger partial charge in [0, 0.05) is 31.3 Å². The highest BCUT2D eigenvalue weighted by Gasteiger charge is 2.16. The van der Waals surface area contributed by atoms with Crippen molar-refractivity contribution in [2.75, 3.05) is 51.8 Å². The maximum absolute atomic E-state index is 13.0. The lowest BCUT2D eigenvalue weighted by atomic mass is 10.1. The van der Waals surface area contributed by atoms with Gasteiger partial charge in [-0.05, 0) is 48.0 Å². The number of amides is 2. The first kappa shape index (κ1) is 22.8. The molecule has 1 aliphatic heterocycles. The number of nitrogens with one attached hydrogen (secondary N) is 2. The molecule has 0 atom stereocenters. The van der Waals surface area contributed by atoms with E-state index in [0.29, 0.717) is 29.1 Å². The number of carbonyl (C=O) groups is 2. The van der Waals surface area contributed by atoms with E-state index in [0.717, 1.165) is 50.0 Å². The number of benzene rings is 3. The molecular formula is C26H29N3O4. The van der Waals surface area contributed by atoms with Gasteiger partial charge in [-0.15, -0.1) is 0 Å². The molecule has 3 aromatic carbocycles. The van der Waals surface area contributed by atoms with Crippen LogP contribution in [0.2, 0.25) is 0 Å². The minimum atomic E-state index is -0.282. The van der Waals surface area contributed by atoms with Crippen molar-refractivity contribution in [2.24, 2.45) is 0 Å². The van der Waals surface area contributed by atoms with E-state index in [4.69, 9.17) is 9.47 Å². The van der Waals surface area contributed by atoms with Gasteiger partial charge in [-0.1, -0.05) is 30.3 Å². The first-order valence-electron chi connectivity index (χ1n) is 11.2. The van der Waals surface area contributed by atoms with Crippen LogP contribution in [0, 0.1) is 0 Å². The van der Waals surface area contributed by atoms with Gasteiger partial charge in [0.05, 0.1) is 31.6 Å². The van der Waals surface area contributed by atoms with E-state index < -0.39 is 0 Å². The maximum Gasteiger partial charge on any atom is 0.255 e. The van der Waals surface area contributed by atoms with Crippen LogP contribution in [-0.4, -0.2) is 63.2 Å². The Bertz CT molecular complexity index is 1130. The molecule has 4 rings (SSSR count). The monoisotopic (exact) mass is 447 g/mol. The van der Waals surface area contributed by atoms with E-state index >= 15 is 0 Å². The molecule has 0 aliphatic carbocycles. The first-order chi connectivity index (χ1) is 16.1. The predicted octanol–water partition coefficient (Wildman–Crippen LogP) is 3.55. The number of fused-ring (bicyclic) bond motifs is 1. The van der Waals surface area contributed by atoms with Crippen LogP contribution in [-0.2, 0) is 4.74 Å². The first-order valence-corrected chi connectivity index (χ1v) is 11.2. The summed E-state index contributed by atoms with van der Waals surface area (Å²) in [6, 6.07) is 18.5. The summed E-state index contributed by atoms with van der Waals surface area (Å²) in [7, 11) is 1.55. The maximum atomic E-state index is 13.0. The van der Waals surface area contributed by atoms with Crippen molar-refractivity contribution >= 4 is 28.3 Å². The summed E-state index contributed by atoms with van der Waals surface area (Å²) in [6.07, 6.45) is 0.848. The lowest BCUT2D eigenvalue weighted by Crippen LogP contribution is -2.38. The van der Waals surface area contributed by atoms with Crippen molar-refractivity contribution in [3.63, 3.8) is 0 Å². The zero-order chi connectivity index (χ0) is 23.0. The van der Waals surface area contributed by atoms with E-state index in [-0.39, 0.29) is 11.8 Å². The lowest BCUT2D eigenvalue weighted by molar-refractivity contribution is 0.0374. The van der Waals surface area contributed by atoms with Crippen LogP contribution in [0.1, 0.15) is 27.1 Å². The van der Waals surface area contributed by atoms with Gasteiger partial charge < -0.3 is 20.1 Å². The molecule has 0 spiro atoms. The lowest BCUT2D eigenvalue weighted by Gasteiger charge is -2.26. The standard InChI is InChI=1S/C26H29N3O4/c1-32-22-9-10-23(26(31)27-11-4-12-29-13-15-33-16-14-29)24(18-22)28-25(30)21-8-7-19-5-2-3-6-20(19)17-21/h2-3,5-10,17-18H,4,11-16H2,1H3,(H,27,31)(H,28,30). The number of morpholine rings is 1. The molecule has 1 fully saturated rings. The van der Waals surface area contributed by atoms with Gasteiger partial charge in [-0.25, -0.2) is 0 Å². The van der Waals surface area contributed by atoms with Gasteiger partial charge in [0.15, 0.2) is 0 Å². The van der Waals surface area contributed by atoms with Crippen LogP contribution in [0.5, 0.6) is 5.75 Å². The summed E-state index contributed by atoms with van der Waals surface area (Å²) in [6.45, 7) is 4.85. The molecule has 7 heteroatoms. The largest absolute Gasteiger partial charge is 0.497 e. The normalized spacial score (nSPS) is 14.1. The Labute approximate surface area is 193 Å². The van der Waals surface area contributed by atoms with Crippen LogP contribution < -0.4 is 15.4 Å². The molecule has 33 heavy (non-hydrogen) atoms. The minimum Gasteiger partial charge on any atom is -0.497 e. The van der Waals surface area contributed by atoms with Gasteiger partial charge in [0.1, 0.15) is 5.75 Å². The van der Waals surface area contributed by atoms with Gasteiger partial charge in [-0.2, -0.15) is 0 Å². The Kier molecular flexibility index (Phi) is 7.55. The second kappa shape index (κ2) is 10.9. The van der Waals surface area contributed by atoms with Crippen LogP contribution in [0.25, 0.3) is 10.8 Å². The van der Waals surface area contributed by atoms with E-state index in [1.54, 1.807) is 31.4 Å². The highest BCUT2D eigenvalue weighted by molar-refractivity contribution is 6.10. The summed E-state index contributed by atoms with van der Waals surface area (Å²) in [5.74, 6) is 0.0523. The van der Waals surface area contributed by atoms with Gasteiger partial charge in [0.25, 0.3) is 11.8 Å². The van der Waals surface area contributed by atoms with Crippen molar-refractivity contribution in [3.8, 4) is 5.75 Å². The number of methoxy groups -OCH3 is 1. The Balaban J connectivity index is 1.43. The summed E-state index contributed by atoms with van der Waals surface area (Å²) >= 11 is 0. The number of rotatable bonds is 8. The molecule has 1 heterocycles. The van der Waals surface area contributed by atoms with E-state index in [1.807, 2.05) is 36.4 Å². The molecule has 2 N–H and O–H groups in total. The van der Waals surface area contributed by atoms with Crippen molar-refractivity contribution in [1.82, 2.24) is 10.2 Å². The number of hydrogen-bond acceptors (Lipinski definition) is 5. The zero-order valence-corrected chi connectivity index (χ0v) is 18.8. The third-order valence-corrected chi connectivity index (χ3v) is 5.77. The molecule has 1 saturated heterocycles. The van der Waals surface area contributed by atoms with Crippen molar-refractivity contribution < 1.29 is 19.1 Å². The molecular weight excluding hydrogens is 418 g/mol. The smallest absolute Gasteiger partial charge is 0.255 e. The van der Waals surface area contributed by atoms with Gasteiger partial charge in [-0.3, -0.25) is 14.5 Å². The average molecular weight is 448 g/mol. The van der Waals surface area contributed by atoms with E-state index in [9.17, 15) is 9.59 Å². The quantitative estimate of drug-likeness (QED) is 0.516. The third-order valence-electron chi connectivity index (χ3n) is 5.77. The number of carbonyl (C=O) groups excluding carboxylic acids is 2. The molecule has 2 amide bonds. The van der Waals surface area contributed by atoms with Crippen molar-refractivity contribution in [3.05, 3.63) is 71.8 Å². The highest BCUT2D eigenvalue weighted by Crippen LogP contribution is 2.24. The van der Waals surface area contributed by atoms with E-state index in [2.05, 4.69) is 15.5 Å². The molecule has 0 saturated carbocycles. The number of ether oxygens (including phenoxy) is 2. The summed E-state index contributed by atoms with van der Waals surface area (Å²) in [5, 5.41) is 7.90. The molecule has 3 aromatic rings. The highest BCUT2D eigenvalue weighted by atomic mass is 16.5. The molecule has 1 aliphatic rings. The topological polar surface area (TPSA) is 79.9 Å². The van der Waals surface area contributed by atoms with Crippen LogP contribution in [0.3, 0.4) is 0 Å². The van der Waals surface area contributed by atoms with Crippen LogP contribution in [0.4, 0.5) is 5.69 Å². The van der Waals surface area contributed by atoms with Gasteiger partial charge >= 0.3 is 0 Å². The second-order valence-electron chi connectivity index (χ2n) is 7.99. The summed E-state index contributed by atoms with van der Waals surface area (Å²) in [4.78, 5) is 28.2. The third kappa shape index (κ3) is 5.88. The van der Waals surface area contributed by atoms with Crippen LogP contribution in [0.15, 0.2) is 60.7 Å².